The molecule has 2 aromatic carbocycles. The van der Waals surface area contributed by atoms with Crippen LogP contribution in [0.4, 0.5) is 4.39 Å². The van der Waals surface area contributed by atoms with E-state index in [-0.39, 0.29) is 37.0 Å². The van der Waals surface area contributed by atoms with Crippen LogP contribution in [0.15, 0.2) is 72.0 Å². The van der Waals surface area contributed by atoms with E-state index in [9.17, 15) is 17.6 Å². The number of carbonyl (C=O) groups is 1. The number of aromatic nitrogens is 2. The molecule has 0 atom stereocenters. The van der Waals surface area contributed by atoms with Crippen LogP contribution in [0.3, 0.4) is 0 Å². The molecule has 3 aromatic rings. The second kappa shape index (κ2) is 7.76. The van der Waals surface area contributed by atoms with Crippen LogP contribution in [0.2, 0.25) is 0 Å². The van der Waals surface area contributed by atoms with Crippen molar-refractivity contribution in [3.8, 4) is 5.69 Å². The van der Waals surface area contributed by atoms with Crippen LogP contribution >= 0.6 is 0 Å². The van der Waals surface area contributed by atoms with Crippen molar-refractivity contribution in [3.63, 3.8) is 0 Å². The zero-order valence-electron chi connectivity index (χ0n) is 15.5. The van der Waals surface area contributed by atoms with Crippen LogP contribution in [-0.2, 0) is 10.0 Å². The topological polar surface area (TPSA) is 75.5 Å². The lowest BCUT2D eigenvalue weighted by molar-refractivity contribution is 0.0689. The van der Waals surface area contributed by atoms with Gasteiger partial charge in [0.1, 0.15) is 16.4 Å². The quantitative estimate of drug-likeness (QED) is 0.656. The summed E-state index contributed by atoms with van der Waals surface area (Å²) >= 11 is 0. The molecule has 7 nitrogen and oxygen atoms in total. The zero-order chi connectivity index (χ0) is 20.4. The van der Waals surface area contributed by atoms with E-state index in [1.807, 2.05) is 30.3 Å². The largest absolute Gasteiger partial charge is 0.335 e. The molecule has 1 aliphatic rings. The molecule has 150 valence electrons. The van der Waals surface area contributed by atoms with E-state index in [4.69, 9.17) is 0 Å². The second-order valence-corrected chi connectivity index (χ2v) is 8.52. The molecular weight excluding hydrogens is 395 g/mol. The molecule has 4 rings (SSSR count). The SMILES string of the molecule is O=C(c1cncn1-c1ccccc1)N1CCN(S(=O)(=O)c2ccccc2F)CC1. The molecule has 0 unspecified atom stereocenters. The van der Waals surface area contributed by atoms with E-state index < -0.39 is 15.8 Å². The molecule has 0 spiro atoms. The Balaban J connectivity index is 1.49. The van der Waals surface area contributed by atoms with E-state index in [0.29, 0.717) is 5.69 Å². The summed E-state index contributed by atoms with van der Waals surface area (Å²) in [5.74, 6) is -1.01. The van der Waals surface area contributed by atoms with Gasteiger partial charge >= 0.3 is 0 Å². The van der Waals surface area contributed by atoms with Crippen LogP contribution in [0, 0.1) is 5.82 Å². The summed E-state index contributed by atoms with van der Waals surface area (Å²) in [6.45, 7) is 0.628. The summed E-state index contributed by atoms with van der Waals surface area (Å²) in [7, 11) is -3.94. The zero-order valence-corrected chi connectivity index (χ0v) is 16.3. The normalized spacial score (nSPS) is 15.4. The predicted molar refractivity (Wildman–Crippen MR) is 105 cm³/mol. The van der Waals surface area contributed by atoms with Crippen molar-refractivity contribution < 1.29 is 17.6 Å². The molecule has 0 saturated carbocycles. The second-order valence-electron chi connectivity index (χ2n) is 6.61. The molecule has 0 aliphatic carbocycles. The lowest BCUT2D eigenvalue weighted by Crippen LogP contribution is -2.50. The summed E-state index contributed by atoms with van der Waals surface area (Å²) in [5.41, 5.74) is 1.22. The lowest BCUT2D eigenvalue weighted by atomic mass is 10.3. The lowest BCUT2D eigenvalue weighted by Gasteiger charge is -2.34. The molecule has 2 heterocycles. The van der Waals surface area contributed by atoms with Gasteiger partial charge in [0.25, 0.3) is 5.91 Å². The summed E-state index contributed by atoms with van der Waals surface area (Å²) in [4.78, 5) is 18.3. The number of amides is 1. The van der Waals surface area contributed by atoms with Crippen molar-refractivity contribution in [1.29, 1.82) is 0 Å². The third-order valence-corrected chi connectivity index (χ3v) is 6.80. The summed E-state index contributed by atoms with van der Waals surface area (Å²) < 4.78 is 42.3. The van der Waals surface area contributed by atoms with Gasteiger partial charge in [-0.15, -0.1) is 0 Å². The Morgan fingerprint density at radius 1 is 0.931 bits per heavy atom. The van der Waals surface area contributed by atoms with Gasteiger partial charge in [-0.2, -0.15) is 4.31 Å². The van der Waals surface area contributed by atoms with Gasteiger partial charge in [-0.3, -0.25) is 9.36 Å². The first-order valence-corrected chi connectivity index (χ1v) is 10.5. The van der Waals surface area contributed by atoms with Gasteiger partial charge in [-0.1, -0.05) is 30.3 Å². The highest BCUT2D eigenvalue weighted by atomic mass is 32.2. The maximum Gasteiger partial charge on any atom is 0.272 e. The maximum absolute atomic E-state index is 14.0. The fraction of sp³-hybridized carbons (Fsp3) is 0.200. The fourth-order valence-electron chi connectivity index (χ4n) is 3.33. The Hall–Kier alpha value is -3.04. The van der Waals surface area contributed by atoms with Gasteiger partial charge in [-0.25, -0.2) is 17.8 Å². The van der Waals surface area contributed by atoms with Gasteiger partial charge in [0.2, 0.25) is 10.0 Å². The summed E-state index contributed by atoms with van der Waals surface area (Å²) in [6.07, 6.45) is 3.07. The fourth-order valence-corrected chi connectivity index (χ4v) is 4.82. The van der Waals surface area contributed by atoms with Crippen molar-refractivity contribution in [1.82, 2.24) is 18.8 Å². The number of carbonyl (C=O) groups excluding carboxylic acids is 1. The number of hydrogen-bond donors (Lipinski definition) is 0. The van der Waals surface area contributed by atoms with Crippen molar-refractivity contribution in [2.45, 2.75) is 4.90 Å². The van der Waals surface area contributed by atoms with Gasteiger partial charge < -0.3 is 4.90 Å². The van der Waals surface area contributed by atoms with E-state index >= 15 is 0 Å². The highest BCUT2D eigenvalue weighted by Gasteiger charge is 2.32. The summed E-state index contributed by atoms with van der Waals surface area (Å²) in [6, 6.07) is 14.7. The number of rotatable bonds is 4. The molecule has 29 heavy (non-hydrogen) atoms. The molecule has 1 aliphatic heterocycles. The highest BCUT2D eigenvalue weighted by molar-refractivity contribution is 7.89. The Morgan fingerprint density at radius 2 is 1.59 bits per heavy atom. The van der Waals surface area contributed by atoms with Crippen LogP contribution in [0.5, 0.6) is 0 Å². The number of piperazine rings is 1. The van der Waals surface area contributed by atoms with Gasteiger partial charge in [0.15, 0.2) is 0 Å². The number of halogens is 1. The summed E-state index contributed by atoms with van der Waals surface area (Å²) in [5, 5.41) is 0. The van der Waals surface area contributed by atoms with Gasteiger partial charge in [-0.05, 0) is 24.3 Å². The van der Waals surface area contributed by atoms with Crippen molar-refractivity contribution in [2.75, 3.05) is 26.2 Å². The van der Waals surface area contributed by atoms with Crippen molar-refractivity contribution >= 4 is 15.9 Å². The Morgan fingerprint density at radius 3 is 2.28 bits per heavy atom. The number of hydrogen-bond acceptors (Lipinski definition) is 4. The van der Waals surface area contributed by atoms with Crippen LogP contribution in [0.1, 0.15) is 10.5 Å². The number of para-hydroxylation sites is 1. The van der Waals surface area contributed by atoms with Gasteiger partial charge in [0.05, 0.1) is 12.5 Å². The van der Waals surface area contributed by atoms with Crippen LogP contribution in [0.25, 0.3) is 5.69 Å². The van der Waals surface area contributed by atoms with E-state index in [1.165, 1.54) is 28.7 Å². The molecule has 9 heteroatoms. The first kappa shape index (κ1) is 19.3. The number of benzene rings is 2. The average molecular weight is 414 g/mol. The Labute approximate surface area is 168 Å². The van der Waals surface area contributed by atoms with Gasteiger partial charge in [0, 0.05) is 31.9 Å². The molecule has 1 amide bonds. The Bertz CT molecular complexity index is 1120. The molecular formula is C20H19FN4O3S. The molecule has 1 fully saturated rings. The molecule has 1 saturated heterocycles. The molecule has 0 radical (unpaired) electrons. The number of sulfonamides is 1. The highest BCUT2D eigenvalue weighted by Crippen LogP contribution is 2.21. The first-order chi connectivity index (χ1) is 14.0. The molecule has 1 aromatic heterocycles. The van der Waals surface area contributed by atoms with Crippen molar-refractivity contribution in [3.05, 3.63) is 78.6 Å². The number of imidazole rings is 1. The first-order valence-electron chi connectivity index (χ1n) is 9.10. The van der Waals surface area contributed by atoms with E-state index in [2.05, 4.69) is 4.98 Å². The minimum absolute atomic E-state index is 0.0991. The predicted octanol–water partition coefficient (Wildman–Crippen LogP) is 2.16. The average Bonchev–Trinajstić information content (AvgIpc) is 3.24. The van der Waals surface area contributed by atoms with E-state index in [1.54, 1.807) is 15.8 Å². The number of nitrogens with zero attached hydrogens (tertiary/aromatic N) is 4. The minimum Gasteiger partial charge on any atom is -0.335 e. The van der Waals surface area contributed by atoms with Crippen LogP contribution < -0.4 is 0 Å². The smallest absolute Gasteiger partial charge is 0.272 e. The maximum atomic E-state index is 14.0. The minimum atomic E-state index is -3.94. The van der Waals surface area contributed by atoms with Crippen LogP contribution in [-0.4, -0.2) is 59.3 Å². The monoisotopic (exact) mass is 414 g/mol. The van der Waals surface area contributed by atoms with Crippen molar-refractivity contribution in [2.24, 2.45) is 0 Å². The van der Waals surface area contributed by atoms with E-state index in [0.717, 1.165) is 11.8 Å². The standard InChI is InChI=1S/C20H19FN4O3S/c21-17-8-4-5-9-19(17)29(27,28)24-12-10-23(11-13-24)20(26)18-14-22-15-25(18)16-6-2-1-3-7-16/h1-9,14-15H,10-13H2. The third kappa shape index (κ3) is 3.66. The third-order valence-electron chi connectivity index (χ3n) is 4.87. The molecule has 0 bridgehead atoms. The molecule has 0 N–H and O–H groups in total. The Kier molecular flexibility index (Phi) is 5.16.